The molecule has 0 unspecified atom stereocenters. The molecule has 0 aliphatic rings. The molecular weight excluding hydrogens is 276 g/mol. The van der Waals surface area contributed by atoms with E-state index in [9.17, 15) is 8.78 Å². The Hall–Kier alpha value is -2.14. The Morgan fingerprint density at radius 2 is 1.76 bits per heavy atom. The second-order valence-electron chi connectivity index (χ2n) is 4.76. The molecule has 21 heavy (non-hydrogen) atoms. The summed E-state index contributed by atoms with van der Waals surface area (Å²) < 4.78 is 37.1. The van der Waals surface area contributed by atoms with Crippen molar-refractivity contribution in [2.24, 2.45) is 5.73 Å². The van der Waals surface area contributed by atoms with Gasteiger partial charge in [0.1, 0.15) is 29.7 Å². The highest BCUT2D eigenvalue weighted by molar-refractivity contribution is 5.42. The first-order chi connectivity index (χ1) is 9.99. The fourth-order valence-electron chi connectivity index (χ4n) is 2.00. The molecule has 2 N–H and O–H groups in total. The van der Waals surface area contributed by atoms with Crippen LogP contribution in [0.5, 0.6) is 11.5 Å². The molecule has 0 aliphatic carbocycles. The molecule has 0 radical (unpaired) electrons. The van der Waals surface area contributed by atoms with Crippen LogP contribution in [-0.4, -0.2) is 7.11 Å². The van der Waals surface area contributed by atoms with Crippen molar-refractivity contribution in [2.75, 3.05) is 7.11 Å². The van der Waals surface area contributed by atoms with Gasteiger partial charge in [0, 0.05) is 23.7 Å². The van der Waals surface area contributed by atoms with E-state index in [1.807, 2.05) is 13.0 Å². The number of halogens is 2. The predicted molar refractivity (Wildman–Crippen MR) is 76.3 cm³/mol. The topological polar surface area (TPSA) is 44.5 Å². The molecule has 0 heterocycles. The van der Waals surface area contributed by atoms with Crippen LogP contribution in [0, 0.1) is 11.6 Å². The Balaban J connectivity index is 2.21. The first-order valence-electron chi connectivity index (χ1n) is 6.51. The van der Waals surface area contributed by atoms with Gasteiger partial charge in [-0.2, -0.15) is 0 Å². The molecule has 3 nitrogen and oxygen atoms in total. The van der Waals surface area contributed by atoms with Crippen LogP contribution < -0.4 is 15.2 Å². The summed E-state index contributed by atoms with van der Waals surface area (Å²) in [5, 5.41) is 0. The van der Waals surface area contributed by atoms with E-state index in [0.29, 0.717) is 17.1 Å². The molecule has 0 saturated carbocycles. The van der Waals surface area contributed by atoms with Crippen LogP contribution in [0.15, 0.2) is 36.4 Å². The highest BCUT2D eigenvalue weighted by Gasteiger charge is 2.10. The van der Waals surface area contributed by atoms with E-state index < -0.39 is 11.6 Å². The molecule has 0 aromatic heterocycles. The van der Waals surface area contributed by atoms with E-state index >= 15 is 0 Å². The molecule has 0 spiro atoms. The number of nitrogens with two attached hydrogens (primary N) is 1. The van der Waals surface area contributed by atoms with Gasteiger partial charge in [-0.1, -0.05) is 6.07 Å². The SMILES string of the molecule is COc1ccc([C@H](C)N)c(OCc2cc(F)cc(F)c2)c1. The summed E-state index contributed by atoms with van der Waals surface area (Å²) in [5.41, 5.74) is 7.09. The molecule has 5 heteroatoms. The average Bonchev–Trinajstić information content (AvgIpc) is 2.43. The Labute approximate surface area is 122 Å². The van der Waals surface area contributed by atoms with E-state index in [4.69, 9.17) is 15.2 Å². The van der Waals surface area contributed by atoms with E-state index in [0.717, 1.165) is 11.6 Å². The Morgan fingerprint density at radius 1 is 1.10 bits per heavy atom. The lowest BCUT2D eigenvalue weighted by molar-refractivity contribution is 0.297. The molecule has 0 fully saturated rings. The molecule has 112 valence electrons. The average molecular weight is 293 g/mol. The zero-order valence-electron chi connectivity index (χ0n) is 11.9. The van der Waals surface area contributed by atoms with Crippen LogP contribution in [0.2, 0.25) is 0 Å². The minimum absolute atomic E-state index is 0.0432. The van der Waals surface area contributed by atoms with E-state index in [2.05, 4.69) is 0 Å². The maximum absolute atomic E-state index is 13.1. The molecule has 2 aromatic carbocycles. The third-order valence-electron chi connectivity index (χ3n) is 3.03. The number of rotatable bonds is 5. The lowest BCUT2D eigenvalue weighted by Crippen LogP contribution is -2.08. The van der Waals surface area contributed by atoms with Crippen molar-refractivity contribution in [3.8, 4) is 11.5 Å². The lowest BCUT2D eigenvalue weighted by Gasteiger charge is -2.15. The number of methoxy groups -OCH3 is 1. The highest BCUT2D eigenvalue weighted by atomic mass is 19.1. The molecule has 0 aliphatic heterocycles. The van der Waals surface area contributed by atoms with Gasteiger partial charge in [0.05, 0.1) is 7.11 Å². The van der Waals surface area contributed by atoms with Crippen molar-refractivity contribution in [2.45, 2.75) is 19.6 Å². The largest absolute Gasteiger partial charge is 0.497 e. The van der Waals surface area contributed by atoms with Gasteiger partial charge in [-0.05, 0) is 30.7 Å². The predicted octanol–water partition coefficient (Wildman–Crippen LogP) is 3.57. The Bertz CT molecular complexity index is 609. The summed E-state index contributed by atoms with van der Waals surface area (Å²) >= 11 is 0. The van der Waals surface area contributed by atoms with Gasteiger partial charge >= 0.3 is 0 Å². The van der Waals surface area contributed by atoms with Crippen LogP contribution in [-0.2, 0) is 6.61 Å². The molecular formula is C16H17F2NO2. The highest BCUT2D eigenvalue weighted by Crippen LogP contribution is 2.29. The zero-order valence-corrected chi connectivity index (χ0v) is 11.9. The van der Waals surface area contributed by atoms with Gasteiger partial charge in [-0.15, -0.1) is 0 Å². The fraction of sp³-hybridized carbons (Fsp3) is 0.250. The van der Waals surface area contributed by atoms with Crippen molar-refractivity contribution in [1.82, 2.24) is 0 Å². The third-order valence-corrected chi connectivity index (χ3v) is 3.03. The number of hydrogen-bond donors (Lipinski definition) is 1. The van der Waals surface area contributed by atoms with Gasteiger partial charge in [-0.3, -0.25) is 0 Å². The summed E-state index contributed by atoms with van der Waals surface area (Å²) in [6, 6.07) is 8.36. The second-order valence-corrected chi connectivity index (χ2v) is 4.76. The minimum atomic E-state index is -0.633. The maximum atomic E-state index is 13.1. The third kappa shape index (κ3) is 3.92. The molecule has 1 atom stereocenters. The Morgan fingerprint density at radius 3 is 2.33 bits per heavy atom. The molecule has 0 bridgehead atoms. The quantitative estimate of drug-likeness (QED) is 0.916. The van der Waals surface area contributed by atoms with E-state index in [1.165, 1.54) is 12.1 Å². The number of ether oxygens (including phenoxy) is 2. The van der Waals surface area contributed by atoms with Gasteiger partial charge in [0.25, 0.3) is 0 Å². The monoisotopic (exact) mass is 293 g/mol. The summed E-state index contributed by atoms with van der Waals surface area (Å²) in [4.78, 5) is 0. The van der Waals surface area contributed by atoms with Crippen LogP contribution in [0.3, 0.4) is 0 Å². The smallest absolute Gasteiger partial charge is 0.128 e. The van der Waals surface area contributed by atoms with E-state index in [-0.39, 0.29) is 12.6 Å². The van der Waals surface area contributed by atoms with Gasteiger partial charge in [0.15, 0.2) is 0 Å². The maximum Gasteiger partial charge on any atom is 0.128 e. The second kappa shape index (κ2) is 6.54. The van der Waals surface area contributed by atoms with Crippen LogP contribution >= 0.6 is 0 Å². The van der Waals surface area contributed by atoms with Crippen LogP contribution in [0.25, 0.3) is 0 Å². The summed E-state index contributed by atoms with van der Waals surface area (Å²) in [6.07, 6.45) is 0. The van der Waals surface area contributed by atoms with Crippen molar-refractivity contribution in [3.05, 3.63) is 59.2 Å². The molecule has 0 amide bonds. The van der Waals surface area contributed by atoms with Gasteiger partial charge in [-0.25, -0.2) is 8.78 Å². The number of hydrogen-bond acceptors (Lipinski definition) is 3. The van der Waals surface area contributed by atoms with Crippen LogP contribution in [0.4, 0.5) is 8.78 Å². The van der Waals surface area contributed by atoms with Crippen molar-refractivity contribution < 1.29 is 18.3 Å². The van der Waals surface area contributed by atoms with Crippen molar-refractivity contribution >= 4 is 0 Å². The van der Waals surface area contributed by atoms with E-state index in [1.54, 1.807) is 19.2 Å². The minimum Gasteiger partial charge on any atom is -0.497 e. The molecule has 0 saturated heterocycles. The standard InChI is InChI=1S/C16H17F2NO2/c1-10(19)15-4-3-14(20-2)8-16(15)21-9-11-5-12(17)7-13(18)6-11/h3-8,10H,9,19H2,1-2H3/t10-/m0/s1. The Kier molecular flexibility index (Phi) is 4.75. The normalized spacial score (nSPS) is 12.0. The van der Waals surface area contributed by atoms with Gasteiger partial charge in [0.2, 0.25) is 0 Å². The number of benzene rings is 2. The first-order valence-corrected chi connectivity index (χ1v) is 6.51. The zero-order chi connectivity index (χ0) is 15.4. The van der Waals surface area contributed by atoms with Crippen molar-refractivity contribution in [1.29, 1.82) is 0 Å². The fourth-order valence-corrected chi connectivity index (χ4v) is 2.00. The summed E-state index contributed by atoms with van der Waals surface area (Å²) in [5.74, 6) is -0.104. The lowest BCUT2D eigenvalue weighted by atomic mass is 10.1. The van der Waals surface area contributed by atoms with Crippen LogP contribution in [0.1, 0.15) is 24.1 Å². The van der Waals surface area contributed by atoms with Gasteiger partial charge < -0.3 is 15.2 Å². The van der Waals surface area contributed by atoms with Crippen molar-refractivity contribution in [3.63, 3.8) is 0 Å². The molecule has 2 rings (SSSR count). The summed E-state index contributed by atoms with van der Waals surface area (Å²) in [6.45, 7) is 1.87. The molecule has 2 aromatic rings. The summed E-state index contributed by atoms with van der Waals surface area (Å²) in [7, 11) is 1.55. The first kappa shape index (κ1) is 15.3.